The van der Waals surface area contributed by atoms with E-state index in [4.69, 9.17) is 4.74 Å². The highest BCUT2D eigenvalue weighted by molar-refractivity contribution is 4.88. The van der Waals surface area contributed by atoms with E-state index in [0.717, 1.165) is 26.3 Å². The monoisotopic (exact) mass is 243 g/mol. The molecule has 2 heteroatoms. The van der Waals surface area contributed by atoms with Crippen LogP contribution in [0.1, 0.15) is 61.3 Å². The third-order valence-corrected chi connectivity index (χ3v) is 3.74. The van der Waals surface area contributed by atoms with E-state index >= 15 is 0 Å². The van der Waals surface area contributed by atoms with Crippen molar-refractivity contribution in [1.29, 1.82) is 0 Å². The summed E-state index contributed by atoms with van der Waals surface area (Å²) in [7, 11) is 0. The van der Waals surface area contributed by atoms with Crippen LogP contribution in [-0.2, 0) is 4.74 Å². The van der Waals surface area contributed by atoms with Gasteiger partial charge in [-0.1, -0.05) is 41.0 Å². The minimum absolute atomic E-state index is 0.309. The molecule has 1 rings (SSSR count). The average Bonchev–Trinajstić information content (AvgIpc) is 2.32. The molecule has 0 aliphatic carbocycles. The Balaban J connectivity index is 0.00000121. The van der Waals surface area contributed by atoms with Crippen LogP contribution in [0.4, 0.5) is 0 Å². The predicted octanol–water partition coefficient (Wildman–Crippen LogP) is 3.95. The molecule has 0 bridgehead atoms. The van der Waals surface area contributed by atoms with Crippen LogP contribution in [0.2, 0.25) is 0 Å². The summed E-state index contributed by atoms with van der Waals surface area (Å²) in [6.07, 6.45) is 2.51. The quantitative estimate of drug-likeness (QED) is 0.741. The summed E-state index contributed by atoms with van der Waals surface area (Å²) in [6, 6.07) is 0. The van der Waals surface area contributed by atoms with Crippen LogP contribution in [0.15, 0.2) is 0 Å². The highest BCUT2D eigenvalue weighted by Crippen LogP contribution is 2.34. The predicted molar refractivity (Wildman–Crippen MR) is 76.5 cm³/mol. The molecule has 2 nitrogen and oxygen atoms in total. The molecule has 0 saturated carbocycles. The molecular weight excluding hydrogens is 210 g/mol. The Morgan fingerprint density at radius 1 is 1.00 bits per heavy atom. The van der Waals surface area contributed by atoms with Gasteiger partial charge in [-0.3, -0.25) is 4.90 Å². The lowest BCUT2D eigenvalue weighted by molar-refractivity contribution is -0.0248. The van der Waals surface area contributed by atoms with Gasteiger partial charge in [-0.05, 0) is 25.7 Å². The Bertz CT molecular complexity index is 193. The van der Waals surface area contributed by atoms with Crippen LogP contribution in [0, 0.1) is 5.41 Å². The van der Waals surface area contributed by atoms with E-state index in [9.17, 15) is 0 Å². The molecule has 0 spiro atoms. The number of nitrogens with zero attached hydrogens (tertiary/aromatic N) is 1. The Kier molecular flexibility index (Phi) is 7.34. The van der Waals surface area contributed by atoms with Gasteiger partial charge in [0, 0.05) is 18.6 Å². The van der Waals surface area contributed by atoms with Gasteiger partial charge in [-0.2, -0.15) is 0 Å². The molecule has 0 aromatic heterocycles. The minimum Gasteiger partial charge on any atom is -0.379 e. The van der Waals surface area contributed by atoms with Crippen LogP contribution in [0.3, 0.4) is 0 Å². The van der Waals surface area contributed by atoms with Gasteiger partial charge in [0.15, 0.2) is 0 Å². The van der Waals surface area contributed by atoms with Crippen molar-refractivity contribution in [3.8, 4) is 0 Å². The van der Waals surface area contributed by atoms with Crippen molar-refractivity contribution in [3.63, 3.8) is 0 Å². The summed E-state index contributed by atoms with van der Waals surface area (Å²) in [4.78, 5) is 2.58. The summed E-state index contributed by atoms with van der Waals surface area (Å²) >= 11 is 0. The molecule has 0 radical (unpaired) electrons. The lowest BCUT2D eigenvalue weighted by Crippen LogP contribution is -2.51. The van der Waals surface area contributed by atoms with E-state index in [2.05, 4.69) is 39.5 Å². The van der Waals surface area contributed by atoms with Gasteiger partial charge in [0.1, 0.15) is 0 Å². The molecule has 0 aromatic carbocycles. The van der Waals surface area contributed by atoms with E-state index in [-0.39, 0.29) is 0 Å². The third-order valence-electron chi connectivity index (χ3n) is 3.74. The fourth-order valence-electron chi connectivity index (χ4n) is 2.58. The highest BCUT2D eigenvalue weighted by atomic mass is 16.5. The Hall–Kier alpha value is -0.0800. The number of morpholine rings is 1. The maximum absolute atomic E-state index is 5.41. The molecule has 104 valence electrons. The Morgan fingerprint density at radius 2 is 1.47 bits per heavy atom. The van der Waals surface area contributed by atoms with Crippen molar-refractivity contribution < 1.29 is 4.74 Å². The average molecular weight is 243 g/mol. The molecule has 1 aliphatic rings. The van der Waals surface area contributed by atoms with Crippen LogP contribution in [0.25, 0.3) is 0 Å². The number of rotatable bonds is 4. The summed E-state index contributed by atoms with van der Waals surface area (Å²) in [6.45, 7) is 19.7. The van der Waals surface area contributed by atoms with Crippen molar-refractivity contribution in [2.45, 2.75) is 66.8 Å². The molecule has 0 unspecified atom stereocenters. The fourth-order valence-corrected chi connectivity index (χ4v) is 2.58. The molecule has 0 amide bonds. The minimum atomic E-state index is 0.309. The van der Waals surface area contributed by atoms with E-state index in [1.165, 1.54) is 12.8 Å². The smallest absolute Gasteiger partial charge is 0.0594 e. The van der Waals surface area contributed by atoms with Gasteiger partial charge in [-0.15, -0.1) is 0 Å². The van der Waals surface area contributed by atoms with Gasteiger partial charge >= 0.3 is 0 Å². The zero-order chi connectivity index (χ0) is 13.5. The largest absolute Gasteiger partial charge is 0.379 e. The second-order valence-corrected chi connectivity index (χ2v) is 6.11. The molecule has 1 aliphatic heterocycles. The lowest BCUT2D eigenvalue weighted by atomic mass is 9.77. The first-order valence-corrected chi connectivity index (χ1v) is 7.20. The molecule has 1 fully saturated rings. The number of hydrogen-bond acceptors (Lipinski definition) is 2. The second-order valence-electron chi connectivity index (χ2n) is 6.11. The molecule has 17 heavy (non-hydrogen) atoms. The van der Waals surface area contributed by atoms with Gasteiger partial charge in [0.05, 0.1) is 13.2 Å². The number of ether oxygens (including phenoxy) is 1. The zero-order valence-electron chi connectivity index (χ0n) is 13.1. The maximum Gasteiger partial charge on any atom is 0.0594 e. The normalized spacial score (nSPS) is 18.5. The van der Waals surface area contributed by atoms with Gasteiger partial charge in [0.25, 0.3) is 0 Å². The molecule has 1 heterocycles. The highest BCUT2D eigenvalue weighted by Gasteiger charge is 2.33. The standard InChI is InChI=1S/C13H27NO.C2H6/c1-6-12(2,3)11-13(4,5)14-7-9-15-10-8-14;1-2/h6-11H2,1-5H3;1-2H3. The SMILES string of the molecule is CC.CCC(C)(C)CC(C)(C)N1CCOCC1. The van der Waals surface area contributed by atoms with Crippen LogP contribution in [0.5, 0.6) is 0 Å². The molecule has 0 aromatic rings. The van der Waals surface area contributed by atoms with Crippen molar-refractivity contribution >= 4 is 0 Å². The van der Waals surface area contributed by atoms with E-state index in [0.29, 0.717) is 11.0 Å². The van der Waals surface area contributed by atoms with Gasteiger partial charge < -0.3 is 4.74 Å². The van der Waals surface area contributed by atoms with Crippen molar-refractivity contribution in [2.75, 3.05) is 26.3 Å². The van der Waals surface area contributed by atoms with Crippen molar-refractivity contribution in [3.05, 3.63) is 0 Å². The molecule has 1 saturated heterocycles. The topological polar surface area (TPSA) is 12.5 Å². The fraction of sp³-hybridized carbons (Fsp3) is 1.00. The zero-order valence-corrected chi connectivity index (χ0v) is 13.1. The second kappa shape index (κ2) is 7.38. The molecule has 0 atom stereocenters. The Labute approximate surface area is 109 Å². The first-order valence-electron chi connectivity index (χ1n) is 7.20. The van der Waals surface area contributed by atoms with Crippen LogP contribution < -0.4 is 0 Å². The maximum atomic E-state index is 5.41. The molecule has 0 N–H and O–H groups in total. The summed E-state index contributed by atoms with van der Waals surface area (Å²) in [5.74, 6) is 0. The number of hydrogen-bond donors (Lipinski definition) is 0. The van der Waals surface area contributed by atoms with Crippen molar-refractivity contribution in [2.24, 2.45) is 5.41 Å². The van der Waals surface area contributed by atoms with Crippen LogP contribution >= 0.6 is 0 Å². The lowest BCUT2D eigenvalue weighted by Gasteiger charge is -2.44. The summed E-state index contributed by atoms with van der Waals surface area (Å²) in [5, 5.41) is 0. The third kappa shape index (κ3) is 5.87. The van der Waals surface area contributed by atoms with Crippen LogP contribution in [-0.4, -0.2) is 36.7 Å². The van der Waals surface area contributed by atoms with E-state index in [1.54, 1.807) is 0 Å². The molecular formula is C15H33NO. The first-order chi connectivity index (χ1) is 7.87. The van der Waals surface area contributed by atoms with Crippen molar-refractivity contribution in [1.82, 2.24) is 4.90 Å². The van der Waals surface area contributed by atoms with Gasteiger partial charge in [0.2, 0.25) is 0 Å². The van der Waals surface area contributed by atoms with E-state index in [1.807, 2.05) is 13.8 Å². The summed E-state index contributed by atoms with van der Waals surface area (Å²) < 4.78 is 5.41. The Morgan fingerprint density at radius 3 is 1.88 bits per heavy atom. The first kappa shape index (κ1) is 16.9. The van der Waals surface area contributed by atoms with E-state index < -0.39 is 0 Å². The summed E-state index contributed by atoms with van der Waals surface area (Å²) in [5.41, 5.74) is 0.755. The van der Waals surface area contributed by atoms with Gasteiger partial charge in [-0.25, -0.2) is 0 Å².